The van der Waals surface area contributed by atoms with Crippen LogP contribution < -0.4 is 0 Å². The van der Waals surface area contributed by atoms with Crippen molar-refractivity contribution in [2.24, 2.45) is 0 Å². The van der Waals surface area contributed by atoms with Crippen molar-refractivity contribution in [3.05, 3.63) is 0 Å². The fourth-order valence-electron chi connectivity index (χ4n) is 0. The first-order chi connectivity index (χ1) is 0. The summed E-state index contributed by atoms with van der Waals surface area (Å²) >= 11 is 0. The van der Waals surface area contributed by atoms with Crippen molar-refractivity contribution in [2.75, 3.05) is 0 Å². The summed E-state index contributed by atoms with van der Waals surface area (Å²) in [6.45, 7) is 0. The Labute approximate surface area is 92.9 Å². The van der Waals surface area contributed by atoms with E-state index in [1.807, 2.05) is 0 Å². The molecule has 0 aromatic heterocycles. The van der Waals surface area contributed by atoms with Crippen molar-refractivity contribution in [3.63, 3.8) is 0 Å². The molecule has 0 aliphatic carbocycles. The van der Waals surface area contributed by atoms with Crippen LogP contribution >= 0.6 is 0 Å². The van der Waals surface area contributed by atoms with Crippen LogP contribution in [-0.2, 0) is 94.4 Å². The van der Waals surface area contributed by atoms with Crippen LogP contribution in [0.3, 0.4) is 0 Å². The second kappa shape index (κ2) is 28.1. The third-order valence-electron chi connectivity index (χ3n) is 0. The van der Waals surface area contributed by atoms with Crippen molar-refractivity contribution in [1.82, 2.24) is 0 Å². The summed E-state index contributed by atoms with van der Waals surface area (Å²) in [6, 6.07) is 0. The zero-order valence-corrected chi connectivity index (χ0v) is 9.33. The molecule has 0 spiro atoms. The fourth-order valence-corrected chi connectivity index (χ4v) is 0. The molecule has 0 rings (SSSR count). The molecule has 0 amide bonds. The average molecular weight is 459 g/mol. The number of hydrogen-bond acceptors (Lipinski definition) is 0. The van der Waals surface area contributed by atoms with Crippen LogP contribution in [0.2, 0.25) is 0 Å². The van der Waals surface area contributed by atoms with Crippen LogP contribution in [0.4, 0.5) is 0 Å². The Morgan fingerprint density at radius 3 is 1.00 bits per heavy atom. The maximum Gasteiger partial charge on any atom is 0 e. The maximum absolute atomic E-state index is 0. The van der Waals surface area contributed by atoms with Gasteiger partial charge in [0, 0.05) is 94.4 Å². The molecule has 0 fully saturated rings. The van der Waals surface area contributed by atoms with Crippen LogP contribution in [0.25, 0.3) is 0 Å². The number of hydrogen-bond donors (Lipinski definition) is 0. The van der Waals surface area contributed by atoms with Gasteiger partial charge in [-0.3, -0.25) is 0 Å². The molecule has 0 nitrogen and oxygen atoms in total. The molecule has 0 saturated carbocycles. The van der Waals surface area contributed by atoms with Crippen LogP contribution in [-0.4, -0.2) is 0 Å². The molecule has 0 aromatic carbocycles. The van der Waals surface area contributed by atoms with Gasteiger partial charge in [0.25, 0.3) is 0 Å². The molecule has 5 heavy (non-hydrogen) atoms. The first-order valence-electron chi connectivity index (χ1n) is 0. The molecule has 0 aliphatic heterocycles. The molecule has 0 saturated heterocycles. The van der Waals surface area contributed by atoms with Gasteiger partial charge in [-0.25, -0.2) is 0 Å². The second-order valence-corrected chi connectivity index (χ2v) is 0. The molecule has 0 bridgehead atoms. The van der Waals surface area contributed by atoms with E-state index >= 15 is 0 Å². The largest absolute Gasteiger partial charge is 0 e. The zero-order chi connectivity index (χ0) is 0. The molecular formula is AuCrFeMoNi. The molecule has 0 aromatic rings. The average Bonchev–Trinajstić information content (AvgIpc) is 0. The summed E-state index contributed by atoms with van der Waals surface area (Å²) in [4.78, 5) is 0. The van der Waals surface area contributed by atoms with E-state index in [1.54, 1.807) is 0 Å². The van der Waals surface area contributed by atoms with Gasteiger partial charge in [0.1, 0.15) is 0 Å². The van der Waals surface area contributed by atoms with Crippen LogP contribution in [0.15, 0.2) is 0 Å². The summed E-state index contributed by atoms with van der Waals surface area (Å²) in [5, 5.41) is 0. The van der Waals surface area contributed by atoms with Gasteiger partial charge >= 0.3 is 0 Å². The molecule has 1 radical (unpaired) electrons. The van der Waals surface area contributed by atoms with Crippen molar-refractivity contribution < 1.29 is 94.4 Å². The topological polar surface area (TPSA) is 0 Å². The number of rotatable bonds is 0. The van der Waals surface area contributed by atoms with Gasteiger partial charge in [0.2, 0.25) is 0 Å². The smallest absolute Gasteiger partial charge is 0 e. The third-order valence-corrected chi connectivity index (χ3v) is 0. The van der Waals surface area contributed by atoms with E-state index in [2.05, 4.69) is 0 Å². The Kier molecular flexibility index (Phi) is 247. The van der Waals surface area contributed by atoms with Gasteiger partial charge in [-0.05, 0) is 0 Å². The minimum atomic E-state index is 0. The molecule has 0 heterocycles. The predicted octanol–water partition coefficient (Wildman–Crippen LogP) is -0.0125. The van der Waals surface area contributed by atoms with E-state index in [-0.39, 0.29) is 94.4 Å². The fraction of sp³-hybridized carbons (Fsp3) is 0. The zero-order valence-electron chi connectivity index (χ0n) is 1.79. The van der Waals surface area contributed by atoms with Gasteiger partial charge in [-0.15, -0.1) is 0 Å². The minimum Gasteiger partial charge on any atom is 0 e. The van der Waals surface area contributed by atoms with E-state index in [4.69, 9.17) is 0 Å². The first-order valence-corrected chi connectivity index (χ1v) is 0. The Hall–Kier alpha value is 2.97. The summed E-state index contributed by atoms with van der Waals surface area (Å²) < 4.78 is 0. The summed E-state index contributed by atoms with van der Waals surface area (Å²) in [7, 11) is 0. The normalized spacial score (nSPS) is 0. The van der Waals surface area contributed by atoms with Gasteiger partial charge in [0.15, 0.2) is 0 Å². The van der Waals surface area contributed by atoms with E-state index in [0.29, 0.717) is 0 Å². The Bertz CT molecular complexity index is 11.6. The van der Waals surface area contributed by atoms with E-state index < -0.39 is 0 Å². The predicted molar refractivity (Wildman–Crippen MR) is 0 cm³/mol. The summed E-state index contributed by atoms with van der Waals surface area (Å²) in [6.07, 6.45) is 0. The van der Waals surface area contributed by atoms with Gasteiger partial charge < -0.3 is 0 Å². The Balaban J connectivity index is 0. The minimum absolute atomic E-state index is 0. The van der Waals surface area contributed by atoms with E-state index in [0.717, 1.165) is 0 Å². The second-order valence-electron chi connectivity index (χ2n) is 0. The standard InChI is InChI=1S/Au.Cr.Fe.Mo.Ni. The van der Waals surface area contributed by atoms with Crippen LogP contribution in [0.1, 0.15) is 0 Å². The molecule has 0 atom stereocenters. The Morgan fingerprint density at radius 1 is 1.00 bits per heavy atom. The van der Waals surface area contributed by atoms with Gasteiger partial charge in [-0.2, -0.15) is 0 Å². The van der Waals surface area contributed by atoms with Crippen molar-refractivity contribution in [2.45, 2.75) is 0 Å². The first kappa shape index (κ1) is 43.8. The van der Waals surface area contributed by atoms with Crippen molar-refractivity contribution in [3.8, 4) is 0 Å². The maximum atomic E-state index is 0. The SMILES string of the molecule is [Au].[Cr].[Fe].[Mo].[Ni]. The monoisotopic (exact) mass is 461 g/mol. The van der Waals surface area contributed by atoms with Gasteiger partial charge in [0.05, 0.1) is 0 Å². The molecule has 0 unspecified atom stereocenters. The molecular weight excluding hydrogens is 459 g/mol. The molecule has 5 heteroatoms. The van der Waals surface area contributed by atoms with Crippen LogP contribution in [0, 0.1) is 0 Å². The van der Waals surface area contributed by atoms with Crippen molar-refractivity contribution in [1.29, 1.82) is 0 Å². The van der Waals surface area contributed by atoms with Gasteiger partial charge in [-0.1, -0.05) is 0 Å². The third kappa shape index (κ3) is 19.5. The Morgan fingerprint density at radius 2 is 1.00 bits per heavy atom. The van der Waals surface area contributed by atoms with E-state index in [1.165, 1.54) is 0 Å². The summed E-state index contributed by atoms with van der Waals surface area (Å²) in [5.41, 5.74) is 0. The summed E-state index contributed by atoms with van der Waals surface area (Å²) in [5.74, 6) is 0. The van der Waals surface area contributed by atoms with Crippen LogP contribution in [0.5, 0.6) is 0 Å². The van der Waals surface area contributed by atoms with Crippen molar-refractivity contribution >= 4 is 0 Å². The molecule has 0 aliphatic rings. The quantitative estimate of drug-likeness (QED) is 0.447. The molecule has 0 N–H and O–H groups in total. The van der Waals surface area contributed by atoms with E-state index in [9.17, 15) is 0 Å². The molecule has 41 valence electrons.